The Bertz CT molecular complexity index is 476. The van der Waals surface area contributed by atoms with Gasteiger partial charge in [-0.05, 0) is 19.1 Å². The number of anilines is 1. The SMILES string of the molecule is CC.Cc1[nH]nc2c3c(ccc12)NCS3. The Hall–Kier alpha value is -1.16. The Kier molecular flexibility index (Phi) is 2.86. The van der Waals surface area contributed by atoms with Crippen LogP contribution in [0.3, 0.4) is 0 Å². The second-order valence-corrected chi connectivity index (χ2v) is 4.14. The molecule has 0 aliphatic carbocycles. The first kappa shape index (κ1) is 10.4. The average Bonchev–Trinajstić information content (AvgIpc) is 2.87. The van der Waals surface area contributed by atoms with Crippen LogP contribution < -0.4 is 5.32 Å². The molecule has 0 radical (unpaired) electrons. The lowest BCUT2D eigenvalue weighted by Gasteiger charge is -1.97. The molecule has 0 bridgehead atoms. The van der Waals surface area contributed by atoms with E-state index in [0.717, 1.165) is 17.1 Å². The number of H-pyrrole nitrogens is 1. The Morgan fingerprint density at radius 1 is 1.33 bits per heavy atom. The van der Waals surface area contributed by atoms with E-state index in [0.29, 0.717) is 0 Å². The molecule has 0 unspecified atom stereocenters. The predicted octanol–water partition coefficient (Wildman–Crippen LogP) is 3.37. The fourth-order valence-electron chi connectivity index (χ4n) is 1.66. The number of nitrogens with one attached hydrogen (secondary N) is 2. The first-order chi connectivity index (χ1) is 7.36. The molecule has 1 aliphatic heterocycles. The van der Waals surface area contributed by atoms with Gasteiger partial charge in [0.1, 0.15) is 5.52 Å². The molecule has 0 fully saturated rings. The molecule has 15 heavy (non-hydrogen) atoms. The molecule has 4 heteroatoms. The zero-order chi connectivity index (χ0) is 10.8. The summed E-state index contributed by atoms with van der Waals surface area (Å²) >= 11 is 1.82. The molecule has 80 valence electrons. The number of nitrogens with zero attached hydrogens (tertiary/aromatic N) is 1. The van der Waals surface area contributed by atoms with Crippen molar-refractivity contribution in [2.45, 2.75) is 25.7 Å². The number of aryl methyl sites for hydroxylation is 1. The van der Waals surface area contributed by atoms with Crippen LogP contribution in [0.25, 0.3) is 10.9 Å². The molecule has 0 saturated carbocycles. The van der Waals surface area contributed by atoms with Gasteiger partial charge >= 0.3 is 0 Å². The maximum atomic E-state index is 4.30. The molecular formula is C11H15N3S. The van der Waals surface area contributed by atoms with Crippen molar-refractivity contribution in [3.8, 4) is 0 Å². The van der Waals surface area contributed by atoms with Crippen LogP contribution in [0.2, 0.25) is 0 Å². The number of thioether (sulfide) groups is 1. The second kappa shape index (κ2) is 4.14. The zero-order valence-corrected chi connectivity index (χ0v) is 10.0. The number of benzene rings is 1. The van der Waals surface area contributed by atoms with Gasteiger partial charge in [-0.15, -0.1) is 11.8 Å². The van der Waals surface area contributed by atoms with Gasteiger partial charge < -0.3 is 5.32 Å². The molecule has 2 N–H and O–H groups in total. The molecule has 0 spiro atoms. The maximum absolute atomic E-state index is 4.30. The fraction of sp³-hybridized carbons (Fsp3) is 0.364. The molecular weight excluding hydrogens is 206 g/mol. The lowest BCUT2D eigenvalue weighted by Crippen LogP contribution is -1.87. The number of fused-ring (bicyclic) bond motifs is 3. The third kappa shape index (κ3) is 1.59. The minimum Gasteiger partial charge on any atom is -0.375 e. The molecule has 2 heterocycles. The van der Waals surface area contributed by atoms with Crippen LogP contribution in [-0.4, -0.2) is 16.1 Å². The molecule has 1 aromatic carbocycles. The highest BCUT2D eigenvalue weighted by atomic mass is 32.2. The van der Waals surface area contributed by atoms with E-state index in [-0.39, 0.29) is 0 Å². The van der Waals surface area contributed by atoms with E-state index in [2.05, 4.69) is 34.6 Å². The van der Waals surface area contributed by atoms with Crippen LogP contribution in [-0.2, 0) is 0 Å². The average molecular weight is 221 g/mol. The van der Waals surface area contributed by atoms with E-state index in [9.17, 15) is 0 Å². The topological polar surface area (TPSA) is 40.7 Å². The van der Waals surface area contributed by atoms with Crippen LogP contribution in [0.15, 0.2) is 17.0 Å². The molecule has 2 aromatic rings. The molecule has 1 aliphatic rings. The first-order valence-corrected chi connectivity index (χ1v) is 6.19. The Morgan fingerprint density at radius 3 is 2.93 bits per heavy atom. The zero-order valence-electron chi connectivity index (χ0n) is 9.22. The van der Waals surface area contributed by atoms with Crippen molar-refractivity contribution < 1.29 is 0 Å². The van der Waals surface area contributed by atoms with Crippen molar-refractivity contribution in [1.82, 2.24) is 10.2 Å². The summed E-state index contributed by atoms with van der Waals surface area (Å²) in [6.07, 6.45) is 0. The van der Waals surface area contributed by atoms with Crippen LogP contribution in [0.1, 0.15) is 19.5 Å². The molecule has 1 aromatic heterocycles. The molecule has 0 saturated heterocycles. The van der Waals surface area contributed by atoms with Gasteiger partial charge in [-0.25, -0.2) is 0 Å². The Morgan fingerprint density at radius 2 is 2.13 bits per heavy atom. The summed E-state index contributed by atoms with van der Waals surface area (Å²) in [4.78, 5) is 1.28. The van der Waals surface area contributed by atoms with Crippen molar-refractivity contribution >= 4 is 28.4 Å². The van der Waals surface area contributed by atoms with E-state index < -0.39 is 0 Å². The Labute approximate surface area is 93.6 Å². The third-order valence-corrected chi connectivity index (χ3v) is 3.34. The van der Waals surface area contributed by atoms with Gasteiger partial charge in [0.25, 0.3) is 0 Å². The summed E-state index contributed by atoms with van der Waals surface area (Å²) in [5, 5.41) is 11.9. The van der Waals surface area contributed by atoms with Crippen LogP contribution in [0.5, 0.6) is 0 Å². The molecule has 0 amide bonds. The third-order valence-electron chi connectivity index (χ3n) is 2.35. The van der Waals surface area contributed by atoms with Crippen molar-refractivity contribution in [3.63, 3.8) is 0 Å². The van der Waals surface area contributed by atoms with Gasteiger partial charge in [-0.1, -0.05) is 13.8 Å². The summed E-state index contributed by atoms with van der Waals surface area (Å²) in [5.74, 6) is 0.959. The summed E-state index contributed by atoms with van der Waals surface area (Å²) < 4.78 is 0. The number of rotatable bonds is 0. The second-order valence-electron chi connectivity index (χ2n) is 3.15. The monoisotopic (exact) mass is 221 g/mol. The van der Waals surface area contributed by atoms with E-state index in [4.69, 9.17) is 0 Å². The summed E-state index contributed by atoms with van der Waals surface area (Å²) in [7, 11) is 0. The Balaban J connectivity index is 0.000000404. The van der Waals surface area contributed by atoms with Crippen molar-refractivity contribution in [2.24, 2.45) is 0 Å². The summed E-state index contributed by atoms with van der Waals surface area (Å²) in [5.41, 5.74) is 3.46. The van der Waals surface area contributed by atoms with Crippen LogP contribution >= 0.6 is 11.8 Å². The molecule has 3 rings (SSSR count). The molecule has 3 nitrogen and oxygen atoms in total. The summed E-state index contributed by atoms with van der Waals surface area (Å²) in [6.45, 7) is 6.05. The largest absolute Gasteiger partial charge is 0.375 e. The number of aromatic amines is 1. The molecule has 0 atom stereocenters. The van der Waals surface area contributed by atoms with Gasteiger partial charge in [0, 0.05) is 11.1 Å². The van der Waals surface area contributed by atoms with E-state index >= 15 is 0 Å². The van der Waals surface area contributed by atoms with Crippen LogP contribution in [0.4, 0.5) is 5.69 Å². The van der Waals surface area contributed by atoms with Crippen molar-refractivity contribution in [1.29, 1.82) is 0 Å². The minimum atomic E-state index is 0.959. The maximum Gasteiger partial charge on any atom is 0.108 e. The van der Waals surface area contributed by atoms with Gasteiger partial charge in [0.2, 0.25) is 0 Å². The van der Waals surface area contributed by atoms with E-state index in [1.807, 2.05) is 25.6 Å². The first-order valence-electron chi connectivity index (χ1n) is 5.20. The van der Waals surface area contributed by atoms with Gasteiger partial charge in [0.05, 0.1) is 16.5 Å². The van der Waals surface area contributed by atoms with E-state index in [1.54, 1.807) is 0 Å². The van der Waals surface area contributed by atoms with Gasteiger partial charge in [0.15, 0.2) is 0 Å². The number of hydrogen-bond donors (Lipinski definition) is 2. The number of hydrogen-bond acceptors (Lipinski definition) is 3. The predicted molar refractivity (Wildman–Crippen MR) is 66.5 cm³/mol. The minimum absolute atomic E-state index is 0.959. The van der Waals surface area contributed by atoms with Gasteiger partial charge in [-0.2, -0.15) is 5.10 Å². The van der Waals surface area contributed by atoms with E-state index in [1.165, 1.54) is 16.0 Å². The number of aromatic nitrogens is 2. The lowest BCUT2D eigenvalue weighted by molar-refractivity contribution is 1.06. The fourth-order valence-corrected chi connectivity index (χ4v) is 2.62. The lowest BCUT2D eigenvalue weighted by atomic mass is 10.2. The smallest absolute Gasteiger partial charge is 0.108 e. The van der Waals surface area contributed by atoms with Crippen molar-refractivity contribution in [3.05, 3.63) is 17.8 Å². The van der Waals surface area contributed by atoms with Crippen LogP contribution in [0, 0.1) is 6.92 Å². The summed E-state index contributed by atoms with van der Waals surface area (Å²) in [6, 6.07) is 4.24. The normalized spacial score (nSPS) is 13.0. The highest BCUT2D eigenvalue weighted by molar-refractivity contribution is 8.00. The highest BCUT2D eigenvalue weighted by Gasteiger charge is 2.16. The van der Waals surface area contributed by atoms with Gasteiger partial charge in [-0.3, -0.25) is 5.10 Å². The van der Waals surface area contributed by atoms with Crippen molar-refractivity contribution in [2.75, 3.05) is 11.2 Å². The standard InChI is InChI=1S/C9H9N3S.C2H6/c1-5-6-2-3-7-9(13-4-10-7)8(6)12-11-5;1-2/h2-3,10H,4H2,1H3,(H,11,12);1-2H3. The highest BCUT2D eigenvalue weighted by Crippen LogP contribution is 2.38. The quantitative estimate of drug-likeness (QED) is 0.716.